The molecule has 2 N–H and O–H groups in total. The maximum absolute atomic E-state index is 12.0. The highest BCUT2D eigenvalue weighted by Crippen LogP contribution is 2.33. The summed E-state index contributed by atoms with van der Waals surface area (Å²) >= 11 is 0. The van der Waals surface area contributed by atoms with Crippen LogP contribution in [-0.2, 0) is 9.47 Å². The molecule has 0 unspecified atom stereocenters. The molecule has 0 saturated carbocycles. The minimum atomic E-state index is -0.696. The second-order valence-corrected chi connectivity index (χ2v) is 7.01. The zero-order valence-electron chi connectivity index (χ0n) is 18.3. The van der Waals surface area contributed by atoms with Gasteiger partial charge in [-0.25, -0.2) is 19.6 Å². The first kappa shape index (κ1) is 23.1. The predicted octanol–water partition coefficient (Wildman–Crippen LogP) is 4.06. The van der Waals surface area contributed by atoms with E-state index in [-0.39, 0.29) is 28.5 Å². The van der Waals surface area contributed by atoms with Crippen molar-refractivity contribution in [2.24, 2.45) is 0 Å². The van der Waals surface area contributed by atoms with Gasteiger partial charge < -0.3 is 20.1 Å². The Morgan fingerprint density at radius 2 is 1.39 bits per heavy atom. The Morgan fingerprint density at radius 1 is 0.848 bits per heavy atom. The van der Waals surface area contributed by atoms with E-state index in [1.165, 1.54) is 32.4 Å². The Bertz CT molecular complexity index is 1210. The lowest BCUT2D eigenvalue weighted by atomic mass is 10.1. The molecule has 0 aliphatic rings. The minimum Gasteiger partial charge on any atom is -0.465 e. The molecule has 0 saturated heterocycles. The summed E-state index contributed by atoms with van der Waals surface area (Å²) in [5.41, 5.74) is 2.57. The lowest BCUT2D eigenvalue weighted by Crippen LogP contribution is -2.09. The van der Waals surface area contributed by atoms with Gasteiger partial charge in [0.05, 0.1) is 30.3 Å². The van der Waals surface area contributed by atoms with Crippen molar-refractivity contribution in [3.05, 3.63) is 75.1 Å². The van der Waals surface area contributed by atoms with Crippen molar-refractivity contribution in [3.63, 3.8) is 0 Å². The van der Waals surface area contributed by atoms with Crippen LogP contribution in [0, 0.1) is 24.0 Å². The van der Waals surface area contributed by atoms with Crippen molar-refractivity contribution in [1.29, 1.82) is 0 Å². The number of aromatic nitrogens is 2. The number of hydrogen-bond donors (Lipinski definition) is 2. The first-order chi connectivity index (χ1) is 15.7. The molecule has 1 aromatic heterocycles. The summed E-state index contributed by atoms with van der Waals surface area (Å²) < 4.78 is 9.43. The van der Waals surface area contributed by atoms with E-state index in [0.29, 0.717) is 5.69 Å². The fourth-order valence-electron chi connectivity index (χ4n) is 3.00. The van der Waals surface area contributed by atoms with Crippen molar-refractivity contribution in [2.45, 2.75) is 13.8 Å². The Morgan fingerprint density at radius 3 is 1.88 bits per heavy atom. The Hall–Kier alpha value is -4.54. The van der Waals surface area contributed by atoms with Gasteiger partial charge in [-0.05, 0) is 55.3 Å². The molecule has 0 spiro atoms. The number of ether oxygens (including phenoxy) is 2. The van der Waals surface area contributed by atoms with E-state index >= 15 is 0 Å². The molecule has 0 aliphatic heterocycles. The summed E-state index contributed by atoms with van der Waals surface area (Å²) in [6.07, 6.45) is 1.16. The van der Waals surface area contributed by atoms with E-state index in [0.717, 1.165) is 17.5 Å². The molecule has 3 rings (SSSR count). The number of nitrogens with zero attached hydrogens (tertiary/aromatic N) is 3. The van der Waals surface area contributed by atoms with E-state index in [2.05, 4.69) is 20.6 Å². The fraction of sp³-hybridized carbons (Fsp3) is 0.182. The molecule has 11 heteroatoms. The highest BCUT2D eigenvalue weighted by Gasteiger charge is 2.24. The second-order valence-electron chi connectivity index (χ2n) is 7.01. The maximum atomic E-state index is 12.0. The molecule has 1 heterocycles. The van der Waals surface area contributed by atoms with Crippen LogP contribution in [0.25, 0.3) is 0 Å². The maximum Gasteiger partial charge on any atom is 0.353 e. The van der Waals surface area contributed by atoms with E-state index in [1.807, 2.05) is 26.0 Å². The van der Waals surface area contributed by atoms with Crippen LogP contribution in [0.15, 0.2) is 42.7 Å². The highest BCUT2D eigenvalue weighted by atomic mass is 16.6. The number of aryl methyl sites for hydroxylation is 2. The van der Waals surface area contributed by atoms with Crippen molar-refractivity contribution >= 4 is 40.6 Å². The van der Waals surface area contributed by atoms with Crippen LogP contribution in [0.2, 0.25) is 0 Å². The van der Waals surface area contributed by atoms with E-state index < -0.39 is 22.5 Å². The molecule has 170 valence electrons. The SMILES string of the molecule is COC(=O)c1cc(Nc2ncnc(Nc3ccc(C)c(C)c3)c2[N+](=O)[O-])cc(C(=O)OC)c1. The van der Waals surface area contributed by atoms with E-state index in [4.69, 9.17) is 9.47 Å². The van der Waals surface area contributed by atoms with Gasteiger partial charge in [-0.15, -0.1) is 0 Å². The van der Waals surface area contributed by atoms with Crippen LogP contribution >= 0.6 is 0 Å². The van der Waals surface area contributed by atoms with Crippen LogP contribution in [-0.4, -0.2) is 41.0 Å². The number of methoxy groups -OCH3 is 2. The van der Waals surface area contributed by atoms with Crippen LogP contribution in [0.3, 0.4) is 0 Å². The number of carbonyl (C=O) groups excluding carboxylic acids is 2. The first-order valence-corrected chi connectivity index (χ1v) is 9.66. The number of rotatable bonds is 7. The summed E-state index contributed by atoms with van der Waals surface area (Å²) in [5.74, 6) is -1.56. The van der Waals surface area contributed by atoms with Crippen molar-refractivity contribution in [3.8, 4) is 0 Å². The summed E-state index contributed by atoms with van der Waals surface area (Å²) in [4.78, 5) is 43.3. The molecule has 0 amide bonds. The number of hydrogen-bond acceptors (Lipinski definition) is 10. The van der Waals surface area contributed by atoms with Gasteiger partial charge >= 0.3 is 17.6 Å². The zero-order chi connectivity index (χ0) is 24.1. The van der Waals surface area contributed by atoms with Gasteiger partial charge in [0.1, 0.15) is 6.33 Å². The third kappa shape index (κ3) is 5.21. The number of nitro groups is 1. The number of esters is 2. The van der Waals surface area contributed by atoms with Crippen LogP contribution < -0.4 is 10.6 Å². The lowest BCUT2D eigenvalue weighted by Gasteiger charge is -2.12. The second kappa shape index (κ2) is 9.73. The van der Waals surface area contributed by atoms with Crippen molar-refractivity contribution in [1.82, 2.24) is 9.97 Å². The standard InChI is InChI=1S/C22H21N5O6/c1-12-5-6-16(7-13(12)2)25-19-18(27(30)31)20(24-11-23-19)26-17-9-14(21(28)32-3)8-15(10-17)22(29)33-4/h5-11H,1-4H3,(H2,23,24,25,26). The van der Waals surface area contributed by atoms with Crippen molar-refractivity contribution in [2.75, 3.05) is 24.9 Å². The minimum absolute atomic E-state index is 0.0296. The number of carbonyl (C=O) groups is 2. The Kier molecular flexibility index (Phi) is 6.82. The molecule has 0 radical (unpaired) electrons. The van der Waals surface area contributed by atoms with Crippen LogP contribution in [0.4, 0.5) is 28.7 Å². The van der Waals surface area contributed by atoms with Gasteiger partial charge in [0.15, 0.2) is 0 Å². The third-order valence-electron chi connectivity index (χ3n) is 4.81. The van der Waals surface area contributed by atoms with Gasteiger partial charge in [-0.1, -0.05) is 6.07 Å². The van der Waals surface area contributed by atoms with E-state index in [9.17, 15) is 19.7 Å². The molecule has 11 nitrogen and oxygen atoms in total. The van der Waals surface area contributed by atoms with Gasteiger partial charge in [0.25, 0.3) is 0 Å². The number of benzene rings is 2. The normalized spacial score (nSPS) is 10.3. The molecule has 3 aromatic rings. The molecular formula is C22H21N5O6. The van der Waals surface area contributed by atoms with Gasteiger partial charge in [-0.3, -0.25) is 10.1 Å². The predicted molar refractivity (Wildman–Crippen MR) is 120 cm³/mol. The molecular weight excluding hydrogens is 430 g/mol. The quantitative estimate of drug-likeness (QED) is 0.306. The van der Waals surface area contributed by atoms with Gasteiger partial charge in [-0.2, -0.15) is 0 Å². The largest absolute Gasteiger partial charge is 0.465 e. The highest BCUT2D eigenvalue weighted by molar-refractivity contribution is 5.97. The summed E-state index contributed by atoms with van der Waals surface area (Å²) in [7, 11) is 2.39. The number of anilines is 4. The third-order valence-corrected chi connectivity index (χ3v) is 4.81. The van der Waals surface area contributed by atoms with Crippen LogP contribution in [0.1, 0.15) is 31.8 Å². The molecule has 2 aromatic carbocycles. The van der Waals surface area contributed by atoms with E-state index in [1.54, 1.807) is 6.07 Å². The average Bonchev–Trinajstić information content (AvgIpc) is 2.80. The van der Waals surface area contributed by atoms with Gasteiger partial charge in [0.2, 0.25) is 11.6 Å². The fourth-order valence-corrected chi connectivity index (χ4v) is 3.00. The molecule has 33 heavy (non-hydrogen) atoms. The molecule has 0 bridgehead atoms. The molecule has 0 aliphatic carbocycles. The zero-order valence-corrected chi connectivity index (χ0v) is 18.3. The Labute approximate surface area is 188 Å². The number of nitrogens with one attached hydrogen (secondary N) is 2. The monoisotopic (exact) mass is 451 g/mol. The average molecular weight is 451 g/mol. The summed E-state index contributed by atoms with van der Waals surface area (Å²) in [5, 5.41) is 17.6. The summed E-state index contributed by atoms with van der Waals surface area (Å²) in [6.45, 7) is 3.88. The smallest absolute Gasteiger partial charge is 0.353 e. The topological polar surface area (TPSA) is 146 Å². The van der Waals surface area contributed by atoms with Gasteiger partial charge in [0, 0.05) is 11.4 Å². The molecule has 0 atom stereocenters. The molecule has 0 fully saturated rings. The van der Waals surface area contributed by atoms with Crippen LogP contribution in [0.5, 0.6) is 0 Å². The van der Waals surface area contributed by atoms with Crippen molar-refractivity contribution < 1.29 is 24.0 Å². The lowest BCUT2D eigenvalue weighted by molar-refractivity contribution is -0.383. The first-order valence-electron chi connectivity index (χ1n) is 9.66. The summed E-state index contributed by atoms with van der Waals surface area (Å²) in [6, 6.07) is 9.56. The Balaban J connectivity index is 2.04.